The summed E-state index contributed by atoms with van der Waals surface area (Å²) in [5.41, 5.74) is 0. The summed E-state index contributed by atoms with van der Waals surface area (Å²) in [7, 11) is -5.17. The van der Waals surface area contributed by atoms with E-state index < -0.39 is 10.4 Å². The van der Waals surface area contributed by atoms with Crippen LogP contribution in [0.25, 0.3) is 0 Å². The first kappa shape index (κ1) is 66.6. The lowest BCUT2D eigenvalue weighted by Crippen LogP contribution is -3.00. The summed E-state index contributed by atoms with van der Waals surface area (Å²) in [6, 6.07) is 0. The lowest BCUT2D eigenvalue weighted by Gasteiger charge is -2.39. The molecule has 0 atom stereocenters. The summed E-state index contributed by atoms with van der Waals surface area (Å²) < 4.78 is 38.3. The van der Waals surface area contributed by atoms with E-state index in [9.17, 15) is 0 Å². The van der Waals surface area contributed by atoms with Gasteiger partial charge in [0, 0.05) is 10.4 Å². The van der Waals surface area contributed by atoms with Crippen molar-refractivity contribution in [2.45, 2.75) is 237 Å². The average molecular weight is 950 g/mol. The maximum atomic E-state index is 8.52. The molecule has 0 amide bonds. The maximum absolute atomic E-state index is 8.52. The normalized spacial score (nSPS) is 11.8. The van der Waals surface area contributed by atoms with Crippen molar-refractivity contribution in [3.63, 3.8) is 0 Å². The van der Waals surface area contributed by atoms with E-state index in [1.165, 1.54) is 246 Å². The average Bonchev–Trinajstić information content (AvgIpc) is 3.19. The summed E-state index contributed by atoms with van der Waals surface area (Å²) in [5, 5.41) is 0. The molecule has 57 heavy (non-hydrogen) atoms. The van der Waals surface area contributed by atoms with Crippen molar-refractivity contribution in [3.8, 4) is 0 Å². The minimum atomic E-state index is -5.17. The molecular weight excluding hydrogens is 842 g/mol. The molecule has 0 aromatic heterocycles. The zero-order chi connectivity index (χ0) is 43.5. The lowest BCUT2D eigenvalue weighted by molar-refractivity contribution is -0.929. The van der Waals surface area contributed by atoms with Crippen LogP contribution in [0.3, 0.4) is 0 Å². The molecule has 0 saturated heterocycles. The van der Waals surface area contributed by atoms with Crippen LogP contribution in [-0.4, -0.2) is 110 Å². The largest absolute Gasteiger partial charge is 1.00 e. The molecule has 0 bridgehead atoms. The van der Waals surface area contributed by atoms with E-state index >= 15 is 0 Å². The second-order valence-electron chi connectivity index (χ2n) is 17.4. The topological polar surface area (TPSA) is 80.3 Å². The van der Waals surface area contributed by atoms with Gasteiger partial charge in [0.1, 0.15) is 0 Å². The minimum absolute atomic E-state index is 0. The van der Waals surface area contributed by atoms with Crippen molar-refractivity contribution < 1.29 is 54.9 Å². The Morgan fingerprint density at radius 1 is 0.263 bits per heavy atom. The highest BCUT2D eigenvalue weighted by atomic mass is 127. The number of quaternary nitrogens is 3. The predicted octanol–water partition coefficient (Wildman–Crippen LogP) is 10.7. The van der Waals surface area contributed by atoms with E-state index in [1.54, 1.807) is 0 Å². The summed E-state index contributed by atoms with van der Waals surface area (Å²) in [6.07, 6.45) is 33.2. The zero-order valence-corrected chi connectivity index (χ0v) is 44.2. The summed E-state index contributed by atoms with van der Waals surface area (Å²) in [6.45, 7) is 45.1. The monoisotopic (exact) mass is 950 g/mol. The minimum Gasteiger partial charge on any atom is -1.00 e. The van der Waals surface area contributed by atoms with Gasteiger partial charge in [-0.05, 0) is 77.0 Å². The van der Waals surface area contributed by atoms with Crippen LogP contribution in [0.1, 0.15) is 237 Å². The highest BCUT2D eigenvalue weighted by Crippen LogP contribution is 2.19. The van der Waals surface area contributed by atoms with Gasteiger partial charge < -0.3 is 46.5 Å². The highest BCUT2D eigenvalue weighted by Gasteiger charge is 2.26. The lowest BCUT2D eigenvalue weighted by atomic mass is 10.1. The van der Waals surface area contributed by atoms with Gasteiger partial charge in [-0.25, -0.2) is 0 Å². The Balaban J connectivity index is -0.000000221. The quantitative estimate of drug-likeness (QED) is 0.0271. The molecule has 0 spiro atoms. The molecule has 0 aliphatic rings. The summed E-state index contributed by atoms with van der Waals surface area (Å²) in [4.78, 5) is 0. The number of hydrogen-bond acceptors (Lipinski definition) is 4. The third kappa shape index (κ3) is 45.8. The molecule has 0 rings (SSSR count). The van der Waals surface area contributed by atoms with Crippen LogP contribution in [0.5, 0.6) is 0 Å². The molecule has 0 aliphatic heterocycles. The number of rotatable bonds is 36. The van der Waals surface area contributed by atoms with Gasteiger partial charge in [-0.3, -0.25) is 8.42 Å². The molecule has 0 unspecified atom stereocenters. The molecule has 0 heterocycles. The van der Waals surface area contributed by atoms with Crippen LogP contribution >= 0.6 is 0 Å². The standard InChI is InChI=1S/3C16H36N.HI.H2O4S/c3*1-5-9-13-17(14-10-6-2,15-11-7-3)16-12-8-4;;1-5(2,3)4/h3*5-16H2,1-4H3;1H;(H2,1,2,3,4)/q3*+1;;/p-3. The molecule has 0 aromatic carbocycles. The molecule has 0 radical (unpaired) electrons. The molecule has 9 heteroatoms. The van der Waals surface area contributed by atoms with E-state index in [0.29, 0.717) is 0 Å². The van der Waals surface area contributed by atoms with E-state index in [-0.39, 0.29) is 24.0 Å². The Hall–Kier alpha value is 0.480. The molecule has 0 saturated carbocycles. The maximum Gasteiger partial charge on any atom is 0.0786 e. The van der Waals surface area contributed by atoms with E-state index in [2.05, 4.69) is 83.1 Å². The van der Waals surface area contributed by atoms with Crippen molar-refractivity contribution in [1.29, 1.82) is 0 Å². The Kier molecular flexibility index (Phi) is 55.5. The first-order chi connectivity index (χ1) is 26.7. The third-order valence-electron chi connectivity index (χ3n) is 11.8. The molecule has 352 valence electrons. The zero-order valence-electron chi connectivity index (χ0n) is 41.2. The highest BCUT2D eigenvalue weighted by molar-refractivity contribution is 7.79. The number of halogens is 1. The van der Waals surface area contributed by atoms with Crippen molar-refractivity contribution in [1.82, 2.24) is 0 Å². The SMILES string of the molecule is CCCC[N+](CCCC)(CCCC)CCCC.CCCC[N+](CCCC)(CCCC)CCCC.CCCC[N+](CCCC)(CCCC)CCCC.O=S(=O)([O-])[O-].[I-]. The second kappa shape index (κ2) is 47.5. The molecular formula is C48H108IN3O4S. The van der Waals surface area contributed by atoms with Gasteiger partial charge in [-0.1, -0.05) is 160 Å². The van der Waals surface area contributed by atoms with Crippen LogP contribution in [0, 0.1) is 0 Å². The van der Waals surface area contributed by atoms with Crippen molar-refractivity contribution in [2.75, 3.05) is 78.5 Å². The van der Waals surface area contributed by atoms with Crippen molar-refractivity contribution >= 4 is 10.4 Å². The van der Waals surface area contributed by atoms with E-state index in [1.807, 2.05) is 0 Å². The van der Waals surface area contributed by atoms with Gasteiger partial charge in [-0.15, -0.1) is 0 Å². The van der Waals surface area contributed by atoms with Crippen molar-refractivity contribution in [2.24, 2.45) is 0 Å². The molecule has 0 aromatic rings. The third-order valence-corrected chi connectivity index (χ3v) is 11.8. The predicted molar refractivity (Wildman–Crippen MR) is 249 cm³/mol. The number of unbranched alkanes of at least 4 members (excludes halogenated alkanes) is 12. The summed E-state index contributed by atoms with van der Waals surface area (Å²) >= 11 is 0. The van der Waals surface area contributed by atoms with Gasteiger partial charge in [-0.2, -0.15) is 0 Å². The van der Waals surface area contributed by atoms with Crippen molar-refractivity contribution in [3.05, 3.63) is 0 Å². The van der Waals surface area contributed by atoms with Crippen LogP contribution < -0.4 is 24.0 Å². The Labute approximate surface area is 379 Å². The first-order valence-electron chi connectivity index (χ1n) is 24.9. The fraction of sp³-hybridized carbons (Fsp3) is 1.00. The Bertz CT molecular complexity index is 657. The second-order valence-corrected chi connectivity index (χ2v) is 18.2. The first-order valence-corrected chi connectivity index (χ1v) is 26.3. The van der Waals surface area contributed by atoms with Gasteiger partial charge in [0.15, 0.2) is 0 Å². The molecule has 7 nitrogen and oxygen atoms in total. The fourth-order valence-corrected chi connectivity index (χ4v) is 7.93. The van der Waals surface area contributed by atoms with E-state index in [4.69, 9.17) is 17.5 Å². The number of hydrogen-bond donors (Lipinski definition) is 0. The van der Waals surface area contributed by atoms with Crippen LogP contribution in [0.2, 0.25) is 0 Å². The van der Waals surface area contributed by atoms with Gasteiger partial charge >= 0.3 is 0 Å². The summed E-state index contributed by atoms with van der Waals surface area (Å²) in [5.74, 6) is 0. The van der Waals surface area contributed by atoms with Crippen LogP contribution in [0.15, 0.2) is 0 Å². The Morgan fingerprint density at radius 2 is 0.333 bits per heavy atom. The van der Waals surface area contributed by atoms with Gasteiger partial charge in [0.25, 0.3) is 0 Å². The molecule has 0 fully saturated rings. The number of nitrogens with zero attached hydrogens (tertiary/aromatic N) is 3. The molecule has 0 aliphatic carbocycles. The smallest absolute Gasteiger partial charge is 0.0786 e. The Morgan fingerprint density at radius 3 is 0.386 bits per heavy atom. The molecule has 0 N–H and O–H groups in total. The van der Waals surface area contributed by atoms with Gasteiger partial charge in [0.05, 0.1) is 78.5 Å². The van der Waals surface area contributed by atoms with Gasteiger partial charge in [0.2, 0.25) is 0 Å². The van der Waals surface area contributed by atoms with E-state index in [0.717, 1.165) is 0 Å². The fourth-order valence-electron chi connectivity index (χ4n) is 7.93. The van der Waals surface area contributed by atoms with Crippen LogP contribution in [0.4, 0.5) is 0 Å². The van der Waals surface area contributed by atoms with Crippen LogP contribution in [-0.2, 0) is 10.4 Å².